The van der Waals surface area contributed by atoms with Gasteiger partial charge in [0.15, 0.2) is 0 Å². The Labute approximate surface area is 122 Å². The van der Waals surface area contributed by atoms with E-state index in [0.29, 0.717) is 5.56 Å². The van der Waals surface area contributed by atoms with Crippen LogP contribution >= 0.6 is 11.6 Å². The summed E-state index contributed by atoms with van der Waals surface area (Å²) in [5.74, 6) is -1.28. The predicted molar refractivity (Wildman–Crippen MR) is 71.5 cm³/mol. The fourth-order valence-corrected chi connectivity index (χ4v) is 1.74. The Balaban J connectivity index is 2.67. The lowest BCUT2D eigenvalue weighted by atomic mass is 10.2. The number of nitrogens with zero attached hydrogens (tertiary/aromatic N) is 1. The Kier molecular flexibility index (Phi) is 6.41. The van der Waals surface area contributed by atoms with Gasteiger partial charge in [-0.1, -0.05) is 17.7 Å². The van der Waals surface area contributed by atoms with E-state index in [-0.39, 0.29) is 18.2 Å². The molecule has 0 radical (unpaired) electrons. The summed E-state index contributed by atoms with van der Waals surface area (Å²) in [4.78, 5) is 27.2. The van der Waals surface area contributed by atoms with Crippen LogP contribution in [-0.2, 0) is 30.2 Å². The van der Waals surface area contributed by atoms with Crippen LogP contribution in [0.15, 0.2) is 12.1 Å². The second kappa shape index (κ2) is 7.81. The van der Waals surface area contributed by atoms with E-state index in [9.17, 15) is 9.59 Å². The molecule has 20 heavy (non-hydrogen) atoms. The van der Waals surface area contributed by atoms with Gasteiger partial charge in [0, 0.05) is 18.4 Å². The maximum atomic E-state index is 11.8. The van der Waals surface area contributed by atoms with Crippen molar-refractivity contribution in [2.24, 2.45) is 0 Å². The van der Waals surface area contributed by atoms with Gasteiger partial charge in [0.2, 0.25) is 6.10 Å². The lowest BCUT2D eigenvalue weighted by Gasteiger charge is -2.14. The average molecular weight is 302 g/mol. The van der Waals surface area contributed by atoms with Crippen molar-refractivity contribution >= 4 is 23.5 Å². The van der Waals surface area contributed by atoms with Gasteiger partial charge in [0.1, 0.15) is 5.15 Å². The summed E-state index contributed by atoms with van der Waals surface area (Å²) >= 11 is 5.93. The molecule has 1 heterocycles. The molecule has 0 aliphatic carbocycles. The van der Waals surface area contributed by atoms with Crippen molar-refractivity contribution in [2.45, 2.75) is 19.4 Å². The van der Waals surface area contributed by atoms with Crippen LogP contribution in [0.5, 0.6) is 0 Å². The first-order valence-electron chi connectivity index (χ1n) is 5.86. The molecule has 0 aromatic carbocycles. The molecule has 0 fully saturated rings. The van der Waals surface area contributed by atoms with Crippen molar-refractivity contribution in [1.29, 1.82) is 0 Å². The number of halogens is 1. The normalized spacial score (nSPS) is 11.8. The van der Waals surface area contributed by atoms with Gasteiger partial charge in [-0.3, -0.25) is 4.79 Å². The molecule has 0 bridgehead atoms. The van der Waals surface area contributed by atoms with Gasteiger partial charge in [0.25, 0.3) is 0 Å². The molecule has 110 valence electrons. The Morgan fingerprint density at radius 2 is 2.05 bits per heavy atom. The van der Waals surface area contributed by atoms with E-state index in [4.69, 9.17) is 21.1 Å². The summed E-state index contributed by atoms with van der Waals surface area (Å²) < 4.78 is 14.3. The standard InChI is InChI=1S/C13H16ClNO5/c1-8-4-5-9(12(14)15-8)6-11(16)20-10(7-18-2)13(17)19-3/h4-5,10H,6-7H2,1-3H3. The van der Waals surface area contributed by atoms with Gasteiger partial charge in [0.05, 0.1) is 20.1 Å². The number of pyridine rings is 1. The van der Waals surface area contributed by atoms with Gasteiger partial charge in [-0.25, -0.2) is 9.78 Å². The number of ether oxygens (including phenoxy) is 3. The molecular weight excluding hydrogens is 286 g/mol. The van der Waals surface area contributed by atoms with Gasteiger partial charge in [-0.2, -0.15) is 0 Å². The molecule has 1 aromatic heterocycles. The highest BCUT2D eigenvalue weighted by atomic mass is 35.5. The zero-order chi connectivity index (χ0) is 15.1. The summed E-state index contributed by atoms with van der Waals surface area (Å²) in [7, 11) is 2.60. The van der Waals surface area contributed by atoms with Crippen molar-refractivity contribution in [3.05, 3.63) is 28.5 Å². The first kappa shape index (κ1) is 16.4. The molecule has 0 aliphatic heterocycles. The lowest BCUT2D eigenvalue weighted by molar-refractivity contribution is -0.169. The summed E-state index contributed by atoms with van der Waals surface area (Å²) in [6.45, 7) is 1.72. The summed E-state index contributed by atoms with van der Waals surface area (Å²) in [5.41, 5.74) is 1.28. The highest BCUT2D eigenvalue weighted by Crippen LogP contribution is 2.15. The number of aromatic nitrogens is 1. The summed E-state index contributed by atoms with van der Waals surface area (Å²) in [6.07, 6.45) is -1.17. The number of hydrogen-bond acceptors (Lipinski definition) is 6. The zero-order valence-corrected chi connectivity index (χ0v) is 12.3. The van der Waals surface area contributed by atoms with E-state index >= 15 is 0 Å². The van der Waals surface area contributed by atoms with E-state index in [1.807, 2.05) is 0 Å². The number of esters is 2. The van der Waals surface area contributed by atoms with Crippen LogP contribution in [0.1, 0.15) is 11.3 Å². The van der Waals surface area contributed by atoms with E-state index in [2.05, 4.69) is 9.72 Å². The monoisotopic (exact) mass is 301 g/mol. The quantitative estimate of drug-likeness (QED) is 0.583. The second-order valence-corrected chi connectivity index (χ2v) is 4.39. The molecule has 1 unspecified atom stereocenters. The van der Waals surface area contributed by atoms with E-state index in [1.54, 1.807) is 19.1 Å². The molecule has 0 saturated carbocycles. The first-order chi connectivity index (χ1) is 9.47. The number of hydrogen-bond donors (Lipinski definition) is 0. The zero-order valence-electron chi connectivity index (χ0n) is 11.5. The molecular formula is C13H16ClNO5. The topological polar surface area (TPSA) is 74.7 Å². The van der Waals surface area contributed by atoms with Gasteiger partial charge in [-0.05, 0) is 13.0 Å². The Morgan fingerprint density at radius 1 is 1.35 bits per heavy atom. The minimum absolute atomic E-state index is 0.0711. The second-order valence-electron chi connectivity index (χ2n) is 4.04. The van der Waals surface area contributed by atoms with Crippen molar-refractivity contribution in [1.82, 2.24) is 4.98 Å². The molecule has 7 heteroatoms. The number of rotatable bonds is 6. The number of carbonyl (C=O) groups is 2. The largest absolute Gasteiger partial charge is 0.466 e. The van der Waals surface area contributed by atoms with Crippen LogP contribution in [-0.4, -0.2) is 43.9 Å². The van der Waals surface area contributed by atoms with Crippen LogP contribution in [0.2, 0.25) is 5.15 Å². The van der Waals surface area contributed by atoms with E-state index in [0.717, 1.165) is 5.69 Å². The SMILES string of the molecule is COCC(OC(=O)Cc1ccc(C)nc1Cl)C(=O)OC. The number of carbonyl (C=O) groups excluding carboxylic acids is 2. The molecule has 0 N–H and O–H groups in total. The Hall–Kier alpha value is -1.66. The van der Waals surface area contributed by atoms with E-state index < -0.39 is 18.0 Å². The highest BCUT2D eigenvalue weighted by Gasteiger charge is 2.24. The van der Waals surface area contributed by atoms with Crippen LogP contribution in [0.3, 0.4) is 0 Å². The molecule has 0 saturated heterocycles. The predicted octanol–water partition coefficient (Wildman–Crippen LogP) is 1.32. The minimum atomic E-state index is -1.09. The van der Waals surface area contributed by atoms with Crippen molar-refractivity contribution in [2.75, 3.05) is 20.8 Å². The molecule has 6 nitrogen and oxygen atoms in total. The molecule has 0 amide bonds. The van der Waals surface area contributed by atoms with Gasteiger partial charge in [-0.15, -0.1) is 0 Å². The third kappa shape index (κ3) is 4.79. The van der Waals surface area contributed by atoms with Crippen LogP contribution < -0.4 is 0 Å². The van der Waals surface area contributed by atoms with Crippen LogP contribution in [0, 0.1) is 6.92 Å². The molecule has 1 atom stereocenters. The molecule has 0 spiro atoms. The summed E-state index contributed by atoms with van der Waals surface area (Å²) in [5, 5.41) is 0.239. The van der Waals surface area contributed by atoms with Crippen molar-refractivity contribution in [3.63, 3.8) is 0 Å². The Bertz CT molecular complexity index is 492. The highest BCUT2D eigenvalue weighted by molar-refractivity contribution is 6.30. The smallest absolute Gasteiger partial charge is 0.349 e. The Morgan fingerprint density at radius 3 is 2.60 bits per heavy atom. The third-order valence-electron chi connectivity index (χ3n) is 2.46. The first-order valence-corrected chi connectivity index (χ1v) is 6.24. The van der Waals surface area contributed by atoms with Crippen LogP contribution in [0.4, 0.5) is 0 Å². The maximum absolute atomic E-state index is 11.8. The van der Waals surface area contributed by atoms with E-state index in [1.165, 1.54) is 14.2 Å². The molecule has 0 aliphatic rings. The number of methoxy groups -OCH3 is 2. The maximum Gasteiger partial charge on any atom is 0.349 e. The minimum Gasteiger partial charge on any atom is -0.466 e. The molecule has 1 aromatic rings. The molecule has 1 rings (SSSR count). The third-order valence-corrected chi connectivity index (χ3v) is 2.78. The lowest BCUT2D eigenvalue weighted by Crippen LogP contribution is -2.33. The number of aryl methyl sites for hydroxylation is 1. The summed E-state index contributed by atoms with van der Waals surface area (Å²) in [6, 6.07) is 3.43. The van der Waals surface area contributed by atoms with Gasteiger partial charge >= 0.3 is 11.9 Å². The fraction of sp³-hybridized carbons (Fsp3) is 0.462. The van der Waals surface area contributed by atoms with Crippen LogP contribution in [0.25, 0.3) is 0 Å². The fourth-order valence-electron chi connectivity index (χ4n) is 1.47. The van der Waals surface area contributed by atoms with Crippen molar-refractivity contribution < 1.29 is 23.8 Å². The van der Waals surface area contributed by atoms with Gasteiger partial charge < -0.3 is 14.2 Å². The van der Waals surface area contributed by atoms with Crippen molar-refractivity contribution in [3.8, 4) is 0 Å². The average Bonchev–Trinajstić information content (AvgIpc) is 2.40.